The molecule has 11 heteroatoms. The summed E-state index contributed by atoms with van der Waals surface area (Å²) in [4.78, 5) is 29.1. The Morgan fingerprint density at radius 2 is 2.00 bits per heavy atom. The van der Waals surface area contributed by atoms with E-state index in [1.807, 2.05) is 0 Å². The van der Waals surface area contributed by atoms with Gasteiger partial charge in [-0.05, 0) is 37.5 Å². The molecular formula is C21H21FN6O3S. The fraction of sp³-hybridized carbons (Fsp3) is 0.286. The molecule has 1 aliphatic carbocycles. The lowest BCUT2D eigenvalue weighted by molar-refractivity contribution is -0.117. The van der Waals surface area contributed by atoms with E-state index in [4.69, 9.17) is 0 Å². The Bertz CT molecular complexity index is 1240. The molecule has 0 spiro atoms. The van der Waals surface area contributed by atoms with Crippen LogP contribution in [0.1, 0.15) is 37.8 Å². The Balaban J connectivity index is 1.50. The highest BCUT2D eigenvalue weighted by atomic mass is 32.2. The molecule has 32 heavy (non-hydrogen) atoms. The molecule has 2 aromatic heterocycles. The Morgan fingerprint density at radius 1 is 1.19 bits per heavy atom. The Morgan fingerprint density at radius 3 is 2.66 bits per heavy atom. The summed E-state index contributed by atoms with van der Waals surface area (Å²) in [6, 6.07) is 5.91. The lowest BCUT2D eigenvalue weighted by Crippen LogP contribution is -2.23. The van der Waals surface area contributed by atoms with Crippen molar-refractivity contribution in [1.82, 2.24) is 19.9 Å². The Hall–Kier alpha value is -3.47. The fourth-order valence-corrected chi connectivity index (χ4v) is 4.45. The average molecular weight is 457 g/mol. The number of hydrogen-bond acceptors (Lipinski definition) is 7. The van der Waals surface area contributed by atoms with Gasteiger partial charge in [-0.25, -0.2) is 22.8 Å². The predicted octanol–water partition coefficient (Wildman–Crippen LogP) is 3.11. The standard InChI is InChI=1S/C21H21FN6O3S/c1-2-15(17-7-8-25-21(27-17)28-32(30,31)14-4-5-14)20(29)26-18-6-3-13(11-16(18)22)19-12-23-9-10-24-19/h3,6-12,14-15H,2,4-5H2,1H3,(H,26,29)(H,25,27,28). The van der Waals surface area contributed by atoms with Gasteiger partial charge in [-0.2, -0.15) is 0 Å². The van der Waals surface area contributed by atoms with Gasteiger partial charge in [0.15, 0.2) is 0 Å². The second kappa shape index (κ2) is 8.95. The number of halogens is 1. The van der Waals surface area contributed by atoms with Crippen molar-refractivity contribution in [3.05, 3.63) is 60.6 Å². The van der Waals surface area contributed by atoms with Crippen LogP contribution in [-0.2, 0) is 14.8 Å². The van der Waals surface area contributed by atoms with Crippen LogP contribution in [0.4, 0.5) is 16.0 Å². The van der Waals surface area contributed by atoms with Crippen LogP contribution in [0.25, 0.3) is 11.3 Å². The second-order valence-electron chi connectivity index (χ2n) is 7.39. The maximum Gasteiger partial charge on any atom is 0.237 e. The van der Waals surface area contributed by atoms with Crippen molar-refractivity contribution in [2.75, 3.05) is 10.0 Å². The third-order valence-electron chi connectivity index (χ3n) is 5.04. The molecule has 4 rings (SSSR count). The van der Waals surface area contributed by atoms with E-state index < -0.39 is 32.9 Å². The first-order chi connectivity index (χ1) is 15.4. The SMILES string of the molecule is CCC(C(=O)Nc1ccc(-c2cnccn2)cc1F)c1ccnc(NS(=O)(=O)C2CC2)n1. The summed E-state index contributed by atoms with van der Waals surface area (Å²) in [6.45, 7) is 1.79. The second-order valence-corrected chi connectivity index (χ2v) is 9.35. The van der Waals surface area contributed by atoms with Gasteiger partial charge < -0.3 is 5.32 Å². The molecule has 1 atom stereocenters. The number of carbonyl (C=O) groups is 1. The summed E-state index contributed by atoms with van der Waals surface area (Å²) >= 11 is 0. The molecule has 1 unspecified atom stereocenters. The van der Waals surface area contributed by atoms with Crippen molar-refractivity contribution >= 4 is 27.6 Å². The zero-order chi connectivity index (χ0) is 22.7. The maximum atomic E-state index is 14.6. The number of benzene rings is 1. The van der Waals surface area contributed by atoms with Crippen LogP contribution in [0, 0.1) is 5.82 Å². The van der Waals surface area contributed by atoms with Crippen molar-refractivity contribution in [3.63, 3.8) is 0 Å². The topological polar surface area (TPSA) is 127 Å². The number of anilines is 2. The van der Waals surface area contributed by atoms with Crippen molar-refractivity contribution in [3.8, 4) is 11.3 Å². The summed E-state index contributed by atoms with van der Waals surface area (Å²) in [7, 11) is -3.53. The summed E-state index contributed by atoms with van der Waals surface area (Å²) in [5.41, 5.74) is 1.40. The lowest BCUT2D eigenvalue weighted by atomic mass is 10.0. The molecule has 9 nitrogen and oxygen atoms in total. The van der Waals surface area contributed by atoms with Crippen LogP contribution in [0.15, 0.2) is 49.1 Å². The highest BCUT2D eigenvalue weighted by molar-refractivity contribution is 7.93. The zero-order valence-electron chi connectivity index (χ0n) is 17.2. The van der Waals surface area contributed by atoms with Crippen molar-refractivity contribution in [2.45, 2.75) is 37.4 Å². The third kappa shape index (κ3) is 4.88. The normalized spacial score (nSPS) is 14.6. The number of nitrogens with one attached hydrogen (secondary N) is 2. The minimum atomic E-state index is -3.53. The van der Waals surface area contributed by atoms with Gasteiger partial charge in [0, 0.05) is 24.2 Å². The van der Waals surface area contributed by atoms with Gasteiger partial charge in [-0.15, -0.1) is 0 Å². The number of amides is 1. The molecule has 3 aromatic rings. The fourth-order valence-electron chi connectivity index (χ4n) is 3.18. The monoisotopic (exact) mass is 456 g/mol. The molecule has 2 N–H and O–H groups in total. The minimum Gasteiger partial charge on any atom is -0.323 e. The lowest BCUT2D eigenvalue weighted by Gasteiger charge is -2.16. The van der Waals surface area contributed by atoms with Gasteiger partial charge in [0.25, 0.3) is 0 Å². The third-order valence-corrected chi connectivity index (χ3v) is 6.86. The maximum absolute atomic E-state index is 14.6. The van der Waals surface area contributed by atoms with Crippen LogP contribution < -0.4 is 10.0 Å². The zero-order valence-corrected chi connectivity index (χ0v) is 18.0. The molecular weight excluding hydrogens is 435 g/mol. The number of carbonyl (C=O) groups excluding carboxylic acids is 1. The summed E-state index contributed by atoms with van der Waals surface area (Å²) in [6.07, 6.45) is 7.53. The smallest absolute Gasteiger partial charge is 0.237 e. The highest BCUT2D eigenvalue weighted by Gasteiger charge is 2.36. The first kappa shape index (κ1) is 21.8. The molecule has 0 saturated heterocycles. The number of nitrogens with zero attached hydrogens (tertiary/aromatic N) is 4. The Labute approximate surface area is 184 Å². The van der Waals surface area contributed by atoms with E-state index in [1.165, 1.54) is 43.0 Å². The predicted molar refractivity (Wildman–Crippen MR) is 117 cm³/mol. The molecule has 1 fully saturated rings. The minimum absolute atomic E-state index is 0.0183. The van der Waals surface area contributed by atoms with E-state index in [9.17, 15) is 17.6 Å². The van der Waals surface area contributed by atoms with E-state index in [-0.39, 0.29) is 11.6 Å². The molecule has 0 aliphatic heterocycles. The van der Waals surface area contributed by atoms with Crippen molar-refractivity contribution < 1.29 is 17.6 Å². The largest absolute Gasteiger partial charge is 0.323 e. The van der Waals surface area contributed by atoms with Crippen molar-refractivity contribution in [2.24, 2.45) is 0 Å². The van der Waals surface area contributed by atoms with Crippen LogP contribution in [0.5, 0.6) is 0 Å². The van der Waals surface area contributed by atoms with Crippen LogP contribution in [0.2, 0.25) is 0 Å². The Kier molecular flexibility index (Phi) is 6.08. The van der Waals surface area contributed by atoms with E-state index in [2.05, 4.69) is 30.0 Å². The summed E-state index contributed by atoms with van der Waals surface area (Å²) in [5, 5.41) is 2.16. The van der Waals surface area contributed by atoms with Crippen LogP contribution >= 0.6 is 0 Å². The molecule has 1 aromatic carbocycles. The molecule has 2 heterocycles. The quantitative estimate of drug-likeness (QED) is 0.533. The number of aromatic nitrogens is 4. The van der Waals surface area contributed by atoms with Gasteiger partial charge in [-0.3, -0.25) is 19.5 Å². The van der Waals surface area contributed by atoms with Gasteiger partial charge in [0.2, 0.25) is 21.9 Å². The summed E-state index contributed by atoms with van der Waals surface area (Å²) < 4.78 is 41.3. The van der Waals surface area contributed by atoms with Gasteiger partial charge in [-0.1, -0.05) is 13.0 Å². The van der Waals surface area contributed by atoms with Crippen LogP contribution in [0.3, 0.4) is 0 Å². The molecule has 1 amide bonds. The average Bonchev–Trinajstić information content (AvgIpc) is 3.63. The number of sulfonamides is 1. The van der Waals surface area contributed by atoms with Gasteiger partial charge in [0.05, 0.1) is 34.4 Å². The molecule has 1 saturated carbocycles. The van der Waals surface area contributed by atoms with Gasteiger partial charge in [0.1, 0.15) is 5.82 Å². The summed E-state index contributed by atoms with van der Waals surface area (Å²) in [5.74, 6) is -1.88. The first-order valence-electron chi connectivity index (χ1n) is 10.1. The van der Waals surface area contributed by atoms with Crippen molar-refractivity contribution in [1.29, 1.82) is 0 Å². The van der Waals surface area contributed by atoms with E-state index in [1.54, 1.807) is 13.0 Å². The van der Waals surface area contributed by atoms with Crippen LogP contribution in [-0.4, -0.2) is 39.5 Å². The van der Waals surface area contributed by atoms with E-state index in [0.29, 0.717) is 36.2 Å². The highest BCUT2D eigenvalue weighted by Crippen LogP contribution is 2.29. The molecule has 1 aliphatic rings. The number of rotatable bonds is 8. The first-order valence-corrected chi connectivity index (χ1v) is 11.6. The molecule has 0 radical (unpaired) electrons. The number of hydrogen-bond donors (Lipinski definition) is 2. The van der Waals surface area contributed by atoms with E-state index in [0.717, 1.165) is 0 Å². The van der Waals surface area contributed by atoms with E-state index >= 15 is 0 Å². The molecule has 0 bridgehead atoms. The van der Waals surface area contributed by atoms with Gasteiger partial charge >= 0.3 is 0 Å². The molecule has 166 valence electrons.